The summed E-state index contributed by atoms with van der Waals surface area (Å²) in [5.74, 6) is 0.0632. The van der Waals surface area contributed by atoms with E-state index in [1.165, 1.54) is 0 Å². The molecule has 0 heterocycles. The maximum atomic E-state index is 12.0. The summed E-state index contributed by atoms with van der Waals surface area (Å²) in [7, 11) is 0. The molecule has 1 atom stereocenters. The maximum absolute atomic E-state index is 12.0. The Morgan fingerprint density at radius 1 is 1.26 bits per heavy atom. The van der Waals surface area contributed by atoms with Gasteiger partial charge in [0.15, 0.2) is 0 Å². The quantitative estimate of drug-likeness (QED) is 0.642. The summed E-state index contributed by atoms with van der Waals surface area (Å²) in [4.78, 5) is 23.8. The number of aryl methyl sites for hydroxylation is 1. The summed E-state index contributed by atoms with van der Waals surface area (Å²) in [6.45, 7) is 9.23. The number of carbonyl (C=O) groups is 2. The van der Waals surface area contributed by atoms with E-state index < -0.39 is 23.7 Å². The highest BCUT2D eigenvalue weighted by molar-refractivity contribution is 5.75. The largest absolute Gasteiger partial charge is 0.444 e. The summed E-state index contributed by atoms with van der Waals surface area (Å²) in [6.07, 6.45) is -0.629. The fourth-order valence-electron chi connectivity index (χ4n) is 1.87. The Morgan fingerprint density at radius 3 is 2.48 bits per heavy atom. The Bertz CT molecular complexity index is 564. The van der Waals surface area contributed by atoms with Gasteiger partial charge in [-0.05, 0) is 51.8 Å². The van der Waals surface area contributed by atoms with E-state index in [0.717, 1.165) is 11.1 Å². The minimum absolute atomic E-state index is 0.0247. The number of benzene rings is 1. The molecule has 1 unspecified atom stereocenters. The van der Waals surface area contributed by atoms with Gasteiger partial charge in [-0.25, -0.2) is 4.79 Å². The molecule has 0 aliphatic rings. The van der Waals surface area contributed by atoms with Crippen molar-refractivity contribution in [2.75, 3.05) is 6.54 Å². The monoisotopic (exact) mass is 322 g/mol. The molecular weight excluding hydrogens is 296 g/mol. The minimum Gasteiger partial charge on any atom is -0.444 e. The number of rotatable bonds is 5. The lowest BCUT2D eigenvalue weighted by Gasteiger charge is -2.22. The third-order valence-electron chi connectivity index (χ3n) is 3.20. The average molecular weight is 322 g/mol. The van der Waals surface area contributed by atoms with E-state index in [1.54, 1.807) is 26.8 Å². The smallest absolute Gasteiger partial charge is 0.407 e. The molecule has 23 heavy (non-hydrogen) atoms. The van der Waals surface area contributed by atoms with Crippen LogP contribution < -0.4 is 15.8 Å². The van der Waals surface area contributed by atoms with Crippen LogP contribution in [0.1, 0.15) is 38.3 Å². The predicted octanol–water partition coefficient (Wildman–Crippen LogP) is 2.45. The molecule has 0 fully saturated rings. The van der Waals surface area contributed by atoms with Crippen molar-refractivity contribution in [2.45, 2.75) is 52.7 Å². The van der Waals surface area contributed by atoms with Gasteiger partial charge in [0.2, 0.25) is 0 Å². The molecule has 1 amide bonds. The summed E-state index contributed by atoms with van der Waals surface area (Å²) in [5, 5.41) is 2.58. The fourth-order valence-corrected chi connectivity index (χ4v) is 1.87. The van der Waals surface area contributed by atoms with Crippen LogP contribution >= 0.6 is 0 Å². The van der Waals surface area contributed by atoms with Crippen molar-refractivity contribution in [3.8, 4) is 5.75 Å². The first-order chi connectivity index (χ1) is 10.6. The molecule has 0 aliphatic carbocycles. The standard InChI is InChI=1S/C17H26N2O4/c1-11-7-6-8-14(12(11)2)22-15(20)9-13(10-18)19-16(21)23-17(3,4)5/h6-8,13H,9-10,18H2,1-5H3,(H,19,21). The molecule has 0 aliphatic heterocycles. The van der Waals surface area contributed by atoms with Gasteiger partial charge in [-0.3, -0.25) is 4.79 Å². The number of carbonyl (C=O) groups excluding carboxylic acids is 2. The number of nitrogens with two attached hydrogens (primary N) is 1. The number of nitrogens with one attached hydrogen (secondary N) is 1. The molecular formula is C17H26N2O4. The van der Waals surface area contributed by atoms with Gasteiger partial charge in [0.1, 0.15) is 11.4 Å². The zero-order valence-corrected chi connectivity index (χ0v) is 14.4. The van der Waals surface area contributed by atoms with Crippen molar-refractivity contribution in [1.29, 1.82) is 0 Å². The number of ether oxygens (including phenoxy) is 2. The van der Waals surface area contributed by atoms with Crippen LogP contribution in [0.25, 0.3) is 0 Å². The fraction of sp³-hybridized carbons (Fsp3) is 0.529. The molecule has 0 spiro atoms. The van der Waals surface area contributed by atoms with E-state index in [2.05, 4.69) is 5.32 Å². The summed E-state index contributed by atoms with van der Waals surface area (Å²) in [5.41, 5.74) is 6.94. The van der Waals surface area contributed by atoms with Crippen LogP contribution in [0.2, 0.25) is 0 Å². The van der Waals surface area contributed by atoms with Crippen LogP contribution in [0.4, 0.5) is 4.79 Å². The maximum Gasteiger partial charge on any atom is 0.407 e. The van der Waals surface area contributed by atoms with Crippen LogP contribution in [0, 0.1) is 13.8 Å². The van der Waals surface area contributed by atoms with Gasteiger partial charge < -0.3 is 20.5 Å². The third kappa shape index (κ3) is 6.69. The van der Waals surface area contributed by atoms with Crippen molar-refractivity contribution in [3.63, 3.8) is 0 Å². The van der Waals surface area contributed by atoms with Gasteiger partial charge in [0, 0.05) is 6.54 Å². The summed E-state index contributed by atoms with van der Waals surface area (Å²) < 4.78 is 10.5. The van der Waals surface area contributed by atoms with Gasteiger partial charge in [0.05, 0.1) is 12.5 Å². The molecule has 0 bridgehead atoms. The molecule has 6 nitrogen and oxygen atoms in total. The Kier molecular flexibility index (Phi) is 6.57. The second-order valence-corrected chi connectivity index (χ2v) is 6.46. The van der Waals surface area contributed by atoms with Crippen LogP contribution in [-0.2, 0) is 9.53 Å². The number of amides is 1. The van der Waals surface area contributed by atoms with E-state index in [1.807, 2.05) is 26.0 Å². The molecule has 0 radical (unpaired) electrons. The zero-order valence-electron chi connectivity index (χ0n) is 14.4. The van der Waals surface area contributed by atoms with Crippen LogP contribution in [0.3, 0.4) is 0 Å². The van der Waals surface area contributed by atoms with Gasteiger partial charge in [-0.15, -0.1) is 0 Å². The van der Waals surface area contributed by atoms with E-state index in [9.17, 15) is 9.59 Å². The summed E-state index contributed by atoms with van der Waals surface area (Å²) >= 11 is 0. The first-order valence-electron chi connectivity index (χ1n) is 7.59. The van der Waals surface area contributed by atoms with Gasteiger partial charge >= 0.3 is 12.1 Å². The second kappa shape index (κ2) is 7.97. The Balaban J connectivity index is 2.60. The van der Waals surface area contributed by atoms with Crippen LogP contribution in [0.5, 0.6) is 5.75 Å². The number of hydrogen-bond donors (Lipinski definition) is 2. The van der Waals surface area contributed by atoms with Gasteiger partial charge in [-0.2, -0.15) is 0 Å². The summed E-state index contributed by atoms with van der Waals surface area (Å²) in [6, 6.07) is 4.96. The van der Waals surface area contributed by atoms with Crippen LogP contribution in [0.15, 0.2) is 18.2 Å². The highest BCUT2D eigenvalue weighted by Crippen LogP contribution is 2.21. The van der Waals surface area contributed by atoms with Crippen molar-refractivity contribution in [1.82, 2.24) is 5.32 Å². The first-order valence-corrected chi connectivity index (χ1v) is 7.59. The topological polar surface area (TPSA) is 90.6 Å². The minimum atomic E-state index is -0.609. The molecule has 6 heteroatoms. The molecule has 1 aromatic carbocycles. The number of alkyl carbamates (subject to hydrolysis) is 1. The van der Waals surface area contributed by atoms with E-state index in [-0.39, 0.29) is 13.0 Å². The lowest BCUT2D eigenvalue weighted by molar-refractivity contribution is -0.134. The number of hydrogen-bond acceptors (Lipinski definition) is 5. The highest BCUT2D eigenvalue weighted by Gasteiger charge is 2.21. The number of esters is 1. The van der Waals surface area contributed by atoms with Gasteiger partial charge in [-0.1, -0.05) is 12.1 Å². The predicted molar refractivity (Wildman–Crippen MR) is 88.4 cm³/mol. The van der Waals surface area contributed by atoms with E-state index in [4.69, 9.17) is 15.2 Å². The van der Waals surface area contributed by atoms with Crippen molar-refractivity contribution in [2.24, 2.45) is 5.73 Å². The van der Waals surface area contributed by atoms with Crippen molar-refractivity contribution < 1.29 is 19.1 Å². The van der Waals surface area contributed by atoms with Crippen molar-refractivity contribution in [3.05, 3.63) is 29.3 Å². The molecule has 0 saturated carbocycles. The molecule has 0 saturated heterocycles. The Morgan fingerprint density at radius 2 is 1.91 bits per heavy atom. The molecule has 128 valence electrons. The van der Waals surface area contributed by atoms with Crippen LogP contribution in [-0.4, -0.2) is 30.3 Å². The molecule has 3 N–H and O–H groups in total. The molecule has 1 rings (SSSR count). The van der Waals surface area contributed by atoms with E-state index in [0.29, 0.717) is 5.75 Å². The third-order valence-corrected chi connectivity index (χ3v) is 3.20. The normalized spacial score (nSPS) is 12.4. The lowest BCUT2D eigenvalue weighted by atomic mass is 10.1. The SMILES string of the molecule is Cc1cccc(OC(=O)CC(CN)NC(=O)OC(C)(C)C)c1C. The second-order valence-electron chi connectivity index (χ2n) is 6.46. The zero-order chi connectivity index (χ0) is 17.6. The molecule has 1 aromatic rings. The van der Waals surface area contributed by atoms with E-state index >= 15 is 0 Å². The Hall–Kier alpha value is -2.08. The van der Waals surface area contributed by atoms with Gasteiger partial charge in [0.25, 0.3) is 0 Å². The van der Waals surface area contributed by atoms with Crippen molar-refractivity contribution >= 4 is 12.1 Å². The Labute approximate surface area is 137 Å². The first kappa shape index (κ1) is 19.0. The lowest BCUT2D eigenvalue weighted by Crippen LogP contribution is -2.44. The molecule has 0 aromatic heterocycles. The highest BCUT2D eigenvalue weighted by atomic mass is 16.6. The average Bonchev–Trinajstić information content (AvgIpc) is 2.41.